The Kier molecular flexibility index (Phi) is 4.33. The van der Waals surface area contributed by atoms with Gasteiger partial charge in [-0.25, -0.2) is 0 Å². The largest absolute Gasteiger partial charge is 0.480 e. The molecule has 1 atom stereocenters. The van der Waals surface area contributed by atoms with Gasteiger partial charge in [-0.2, -0.15) is 0 Å². The van der Waals surface area contributed by atoms with Gasteiger partial charge >= 0.3 is 5.97 Å². The van der Waals surface area contributed by atoms with E-state index in [-0.39, 0.29) is 0 Å². The summed E-state index contributed by atoms with van der Waals surface area (Å²) in [5.41, 5.74) is 1.73. The first kappa shape index (κ1) is 13.1. The van der Waals surface area contributed by atoms with Crippen molar-refractivity contribution < 1.29 is 14.6 Å². The maximum atomic E-state index is 11.4. The van der Waals surface area contributed by atoms with E-state index in [1.54, 1.807) is 7.11 Å². The van der Waals surface area contributed by atoms with Crippen LogP contribution in [0.4, 0.5) is 0 Å². The van der Waals surface area contributed by atoms with Crippen molar-refractivity contribution in [1.29, 1.82) is 0 Å². The number of benzene rings is 1. The van der Waals surface area contributed by atoms with E-state index in [9.17, 15) is 9.90 Å². The fraction of sp³-hybridized carbons (Fsp3) is 0.500. The summed E-state index contributed by atoms with van der Waals surface area (Å²) in [6.07, 6.45) is 2.41. The molecule has 0 amide bonds. The van der Waals surface area contributed by atoms with Crippen LogP contribution in [-0.2, 0) is 16.1 Å². The lowest BCUT2D eigenvalue weighted by molar-refractivity contribution is -0.139. The topological polar surface area (TPSA) is 58.6 Å². The molecule has 4 nitrogen and oxygen atoms in total. The van der Waals surface area contributed by atoms with Crippen molar-refractivity contribution >= 4 is 5.97 Å². The molecule has 0 spiro atoms. The summed E-state index contributed by atoms with van der Waals surface area (Å²) in [6, 6.07) is 6.89. The lowest BCUT2D eigenvalue weighted by Gasteiger charge is -2.18. The molecule has 1 aromatic rings. The number of hydrogen-bond acceptors (Lipinski definition) is 3. The van der Waals surface area contributed by atoms with E-state index >= 15 is 0 Å². The number of carboxylic acid groups (broad SMARTS) is 1. The lowest BCUT2D eigenvalue weighted by Crippen LogP contribution is -2.31. The summed E-state index contributed by atoms with van der Waals surface area (Å²) in [5.74, 6) is -0.180. The summed E-state index contributed by atoms with van der Waals surface area (Å²) in [6.45, 7) is 1.21. The zero-order valence-corrected chi connectivity index (χ0v) is 10.6. The molecule has 1 fully saturated rings. The summed E-state index contributed by atoms with van der Waals surface area (Å²) < 4.78 is 5.12. The summed E-state index contributed by atoms with van der Waals surface area (Å²) in [7, 11) is 1.62. The minimum absolute atomic E-state index is 0.436. The molecule has 4 heteroatoms. The molecule has 1 saturated carbocycles. The number of rotatable bonds is 7. The van der Waals surface area contributed by atoms with Crippen LogP contribution in [-0.4, -0.2) is 24.7 Å². The molecule has 0 heterocycles. The molecule has 0 saturated heterocycles. The van der Waals surface area contributed by atoms with Gasteiger partial charge in [0.15, 0.2) is 0 Å². The summed E-state index contributed by atoms with van der Waals surface area (Å²) in [4.78, 5) is 11.4. The van der Waals surface area contributed by atoms with E-state index < -0.39 is 12.0 Å². The van der Waals surface area contributed by atoms with E-state index in [0.29, 0.717) is 12.5 Å². The second kappa shape index (κ2) is 5.98. The average molecular weight is 249 g/mol. The molecule has 2 rings (SSSR count). The van der Waals surface area contributed by atoms with Crippen LogP contribution in [0.1, 0.15) is 30.0 Å². The van der Waals surface area contributed by atoms with Gasteiger partial charge < -0.3 is 15.2 Å². The van der Waals surface area contributed by atoms with Crippen LogP contribution in [0.5, 0.6) is 0 Å². The molecule has 0 radical (unpaired) electrons. The normalized spacial score (nSPS) is 16.5. The smallest absolute Gasteiger partial charge is 0.325 e. The summed E-state index contributed by atoms with van der Waals surface area (Å²) in [5, 5.41) is 12.5. The van der Waals surface area contributed by atoms with Gasteiger partial charge in [0, 0.05) is 7.11 Å². The number of ether oxygens (including phenoxy) is 1. The predicted molar refractivity (Wildman–Crippen MR) is 68.3 cm³/mol. The Hall–Kier alpha value is -1.39. The molecule has 0 aliphatic heterocycles. The minimum atomic E-state index is -0.834. The molecule has 98 valence electrons. The van der Waals surface area contributed by atoms with Crippen LogP contribution in [0.25, 0.3) is 0 Å². The third-order valence-electron chi connectivity index (χ3n) is 3.22. The Morgan fingerprint density at radius 2 is 2.22 bits per heavy atom. The third-order valence-corrected chi connectivity index (χ3v) is 3.22. The molecule has 1 aromatic carbocycles. The van der Waals surface area contributed by atoms with Gasteiger partial charge in [-0.3, -0.25) is 4.79 Å². The number of nitrogens with one attached hydrogen (secondary N) is 1. The molecule has 18 heavy (non-hydrogen) atoms. The standard InChI is InChI=1S/C14H19NO3/c1-18-9-11-4-2-3-5-12(11)13(14(16)17)15-8-10-6-7-10/h2-5,10,13,15H,6-9H2,1H3,(H,16,17). The zero-order chi connectivity index (χ0) is 13.0. The van der Waals surface area contributed by atoms with Crippen LogP contribution < -0.4 is 5.32 Å². The highest BCUT2D eigenvalue weighted by molar-refractivity contribution is 5.76. The number of carbonyl (C=O) groups is 1. The molecule has 2 N–H and O–H groups in total. The molecular formula is C14H19NO3. The quantitative estimate of drug-likeness (QED) is 0.775. The highest BCUT2D eigenvalue weighted by atomic mass is 16.5. The van der Waals surface area contributed by atoms with Crippen LogP contribution in [0, 0.1) is 5.92 Å². The van der Waals surface area contributed by atoms with E-state index in [2.05, 4.69) is 5.32 Å². The van der Waals surface area contributed by atoms with Crippen LogP contribution >= 0.6 is 0 Å². The van der Waals surface area contributed by atoms with Crippen molar-refractivity contribution in [2.45, 2.75) is 25.5 Å². The van der Waals surface area contributed by atoms with Crippen molar-refractivity contribution in [2.75, 3.05) is 13.7 Å². The number of methoxy groups -OCH3 is 1. The van der Waals surface area contributed by atoms with Crippen LogP contribution in [0.3, 0.4) is 0 Å². The third kappa shape index (κ3) is 3.31. The van der Waals surface area contributed by atoms with Gasteiger partial charge in [0.05, 0.1) is 6.61 Å². The molecule has 1 unspecified atom stereocenters. The first-order valence-corrected chi connectivity index (χ1v) is 6.25. The molecular weight excluding hydrogens is 230 g/mol. The van der Waals surface area contributed by atoms with Crippen molar-refractivity contribution in [3.05, 3.63) is 35.4 Å². The first-order valence-electron chi connectivity index (χ1n) is 6.25. The summed E-state index contributed by atoms with van der Waals surface area (Å²) >= 11 is 0. The van der Waals surface area contributed by atoms with Crippen LogP contribution in [0.15, 0.2) is 24.3 Å². The predicted octanol–water partition coefficient (Wildman–Crippen LogP) is 1.96. The van der Waals surface area contributed by atoms with E-state index in [1.807, 2.05) is 24.3 Å². The van der Waals surface area contributed by atoms with Gasteiger partial charge in [-0.05, 0) is 36.4 Å². The Balaban J connectivity index is 2.14. The monoisotopic (exact) mass is 249 g/mol. The lowest BCUT2D eigenvalue weighted by atomic mass is 10.0. The Morgan fingerprint density at radius 1 is 1.50 bits per heavy atom. The van der Waals surface area contributed by atoms with Gasteiger partial charge in [0.2, 0.25) is 0 Å². The number of carboxylic acids is 1. The van der Waals surface area contributed by atoms with Gasteiger partial charge in [0.25, 0.3) is 0 Å². The van der Waals surface area contributed by atoms with Crippen LogP contribution in [0.2, 0.25) is 0 Å². The van der Waals surface area contributed by atoms with Gasteiger partial charge in [-0.1, -0.05) is 24.3 Å². The highest BCUT2D eigenvalue weighted by Gasteiger charge is 2.26. The zero-order valence-electron chi connectivity index (χ0n) is 10.6. The number of aliphatic carboxylic acids is 1. The molecule has 0 bridgehead atoms. The molecule has 1 aliphatic rings. The van der Waals surface area contributed by atoms with Gasteiger partial charge in [-0.15, -0.1) is 0 Å². The molecule has 0 aromatic heterocycles. The number of hydrogen-bond donors (Lipinski definition) is 2. The maximum absolute atomic E-state index is 11.4. The van der Waals surface area contributed by atoms with E-state index in [1.165, 1.54) is 12.8 Å². The maximum Gasteiger partial charge on any atom is 0.325 e. The fourth-order valence-corrected chi connectivity index (χ4v) is 2.04. The minimum Gasteiger partial charge on any atom is -0.480 e. The Bertz CT molecular complexity index is 415. The first-order chi connectivity index (χ1) is 8.72. The van der Waals surface area contributed by atoms with E-state index in [4.69, 9.17) is 4.74 Å². The Morgan fingerprint density at radius 3 is 2.83 bits per heavy atom. The van der Waals surface area contributed by atoms with Crippen molar-refractivity contribution in [3.8, 4) is 0 Å². The van der Waals surface area contributed by atoms with Gasteiger partial charge in [0.1, 0.15) is 6.04 Å². The second-order valence-electron chi connectivity index (χ2n) is 4.75. The fourth-order valence-electron chi connectivity index (χ4n) is 2.04. The van der Waals surface area contributed by atoms with Crippen molar-refractivity contribution in [1.82, 2.24) is 5.32 Å². The van der Waals surface area contributed by atoms with Crippen molar-refractivity contribution in [3.63, 3.8) is 0 Å². The SMILES string of the molecule is COCc1ccccc1C(NCC1CC1)C(=O)O. The Labute approximate surface area is 107 Å². The van der Waals surface area contributed by atoms with Crippen molar-refractivity contribution in [2.24, 2.45) is 5.92 Å². The van der Waals surface area contributed by atoms with E-state index in [0.717, 1.165) is 17.7 Å². The molecule has 1 aliphatic carbocycles. The second-order valence-corrected chi connectivity index (χ2v) is 4.75. The average Bonchev–Trinajstić information content (AvgIpc) is 3.15. The highest BCUT2D eigenvalue weighted by Crippen LogP contribution is 2.29.